The number of amides is 1. The number of ether oxygens (including phenoxy) is 1. The zero-order valence-electron chi connectivity index (χ0n) is 13.8. The second-order valence-corrected chi connectivity index (χ2v) is 6.61. The van der Waals surface area contributed by atoms with Crippen molar-refractivity contribution < 1.29 is 14.1 Å². The van der Waals surface area contributed by atoms with E-state index in [1.54, 1.807) is 6.92 Å². The van der Waals surface area contributed by atoms with Gasteiger partial charge in [-0.05, 0) is 30.9 Å². The predicted molar refractivity (Wildman–Crippen MR) is 86.7 cm³/mol. The molecule has 1 aromatic heterocycles. The van der Waals surface area contributed by atoms with Gasteiger partial charge >= 0.3 is 0 Å². The topological polar surface area (TPSA) is 68.5 Å². The molecule has 1 aromatic carbocycles. The first kappa shape index (κ1) is 15.2. The lowest BCUT2D eigenvalue weighted by Gasteiger charge is -2.35. The van der Waals surface area contributed by atoms with Crippen LogP contribution in [0.1, 0.15) is 36.0 Å². The maximum Gasteiger partial charge on any atom is 0.229 e. The largest absolute Gasteiger partial charge is 0.492 e. The minimum atomic E-state index is -0.106. The van der Waals surface area contributed by atoms with Crippen LogP contribution in [0.2, 0.25) is 0 Å². The Morgan fingerprint density at radius 2 is 2.21 bits per heavy atom. The number of hydrogen-bond donors (Lipinski definition) is 0. The van der Waals surface area contributed by atoms with E-state index in [4.69, 9.17) is 9.26 Å². The van der Waals surface area contributed by atoms with Crippen LogP contribution < -0.4 is 4.74 Å². The molecule has 1 fully saturated rings. The molecule has 2 aliphatic rings. The third kappa shape index (κ3) is 2.88. The third-order valence-electron chi connectivity index (χ3n) is 4.87. The average molecular weight is 327 g/mol. The molecule has 4 rings (SSSR count). The van der Waals surface area contributed by atoms with Crippen molar-refractivity contribution in [1.29, 1.82) is 0 Å². The second-order valence-electron chi connectivity index (χ2n) is 6.61. The average Bonchev–Trinajstić information content (AvgIpc) is 3.07. The lowest BCUT2D eigenvalue weighted by atomic mass is 9.92. The first-order valence-electron chi connectivity index (χ1n) is 8.50. The highest BCUT2D eigenvalue weighted by Crippen LogP contribution is 2.30. The van der Waals surface area contributed by atoms with Crippen molar-refractivity contribution in [3.05, 3.63) is 41.5 Å². The standard InChI is InChI=1S/C18H21N3O3/c1-12-19-17(20-24-12)14-6-4-8-21(10-14)18(22)15-9-13-5-2-3-7-16(13)23-11-15/h2-3,5,7,14-15H,4,6,8-11H2,1H3. The number of piperidine rings is 1. The van der Waals surface area contributed by atoms with Crippen molar-refractivity contribution in [3.63, 3.8) is 0 Å². The number of fused-ring (bicyclic) bond motifs is 1. The summed E-state index contributed by atoms with van der Waals surface area (Å²) in [4.78, 5) is 19.2. The van der Waals surface area contributed by atoms with Gasteiger partial charge in [0, 0.05) is 25.9 Å². The Hall–Kier alpha value is -2.37. The van der Waals surface area contributed by atoms with Gasteiger partial charge in [0.05, 0.1) is 5.92 Å². The van der Waals surface area contributed by atoms with E-state index < -0.39 is 0 Å². The van der Waals surface area contributed by atoms with Crippen LogP contribution in [0.15, 0.2) is 28.8 Å². The number of aromatic nitrogens is 2. The van der Waals surface area contributed by atoms with E-state index in [9.17, 15) is 4.79 Å². The molecule has 1 saturated heterocycles. The summed E-state index contributed by atoms with van der Waals surface area (Å²) in [6.45, 7) is 3.71. The van der Waals surface area contributed by atoms with E-state index in [2.05, 4.69) is 10.1 Å². The highest BCUT2D eigenvalue weighted by atomic mass is 16.5. The molecular weight excluding hydrogens is 306 g/mol. The van der Waals surface area contributed by atoms with Crippen LogP contribution in [-0.4, -0.2) is 40.6 Å². The van der Waals surface area contributed by atoms with Gasteiger partial charge in [-0.1, -0.05) is 23.4 Å². The molecule has 2 unspecified atom stereocenters. The van der Waals surface area contributed by atoms with Crippen molar-refractivity contribution in [2.75, 3.05) is 19.7 Å². The SMILES string of the molecule is Cc1nc(C2CCCN(C(=O)C3COc4ccccc4C3)C2)no1. The fraction of sp³-hybridized carbons (Fsp3) is 0.500. The Balaban J connectivity index is 1.45. The minimum absolute atomic E-state index is 0.106. The van der Waals surface area contributed by atoms with Crippen molar-refractivity contribution in [3.8, 4) is 5.75 Å². The van der Waals surface area contributed by atoms with Crippen molar-refractivity contribution in [1.82, 2.24) is 15.0 Å². The van der Waals surface area contributed by atoms with Crippen molar-refractivity contribution >= 4 is 5.91 Å². The summed E-state index contributed by atoms with van der Waals surface area (Å²) in [5.74, 6) is 2.43. The van der Waals surface area contributed by atoms with Crippen LogP contribution in [0, 0.1) is 12.8 Å². The number of carbonyl (C=O) groups excluding carboxylic acids is 1. The lowest BCUT2D eigenvalue weighted by Crippen LogP contribution is -2.45. The molecule has 0 bridgehead atoms. The fourth-order valence-corrected chi connectivity index (χ4v) is 3.61. The van der Waals surface area contributed by atoms with Gasteiger partial charge < -0.3 is 14.2 Å². The Labute approximate surface area is 140 Å². The first-order valence-corrected chi connectivity index (χ1v) is 8.50. The third-order valence-corrected chi connectivity index (χ3v) is 4.87. The summed E-state index contributed by atoms with van der Waals surface area (Å²) in [6.07, 6.45) is 2.71. The predicted octanol–water partition coefficient (Wildman–Crippen LogP) is 2.34. The smallest absolute Gasteiger partial charge is 0.229 e. The number of nitrogens with zero attached hydrogens (tertiary/aromatic N) is 3. The van der Waals surface area contributed by atoms with Crippen molar-refractivity contribution in [2.24, 2.45) is 5.92 Å². The zero-order valence-corrected chi connectivity index (χ0v) is 13.8. The van der Waals surface area contributed by atoms with Gasteiger partial charge in [0.15, 0.2) is 5.82 Å². The molecule has 126 valence electrons. The zero-order chi connectivity index (χ0) is 16.5. The molecule has 6 heteroatoms. The molecule has 24 heavy (non-hydrogen) atoms. The van der Waals surface area contributed by atoms with Crippen LogP contribution in [-0.2, 0) is 11.2 Å². The van der Waals surface area contributed by atoms with E-state index >= 15 is 0 Å². The van der Waals surface area contributed by atoms with E-state index in [0.717, 1.165) is 42.9 Å². The van der Waals surface area contributed by atoms with Crippen LogP contribution >= 0.6 is 0 Å². The van der Waals surface area contributed by atoms with Gasteiger partial charge in [-0.15, -0.1) is 0 Å². The van der Waals surface area contributed by atoms with Crippen LogP contribution in [0.3, 0.4) is 0 Å². The Morgan fingerprint density at radius 1 is 1.33 bits per heavy atom. The van der Waals surface area contributed by atoms with Gasteiger partial charge in [0.2, 0.25) is 11.8 Å². The molecule has 0 aliphatic carbocycles. The maximum absolute atomic E-state index is 12.9. The van der Waals surface area contributed by atoms with Gasteiger partial charge in [-0.3, -0.25) is 4.79 Å². The summed E-state index contributed by atoms with van der Waals surface area (Å²) >= 11 is 0. The number of hydrogen-bond acceptors (Lipinski definition) is 5. The molecule has 1 amide bonds. The highest BCUT2D eigenvalue weighted by Gasteiger charge is 2.33. The summed E-state index contributed by atoms with van der Waals surface area (Å²) in [6, 6.07) is 7.95. The van der Waals surface area contributed by atoms with Crippen LogP contribution in [0.5, 0.6) is 5.75 Å². The van der Waals surface area contributed by atoms with E-state index in [1.165, 1.54) is 0 Å². The quantitative estimate of drug-likeness (QED) is 0.847. The molecule has 2 aromatic rings. The Kier molecular flexibility index (Phi) is 3.96. The summed E-state index contributed by atoms with van der Waals surface area (Å²) in [5, 5.41) is 4.03. The van der Waals surface area contributed by atoms with E-state index in [1.807, 2.05) is 29.2 Å². The number of para-hydroxylation sites is 1. The number of likely N-dealkylation sites (tertiary alicyclic amines) is 1. The Bertz CT molecular complexity index is 743. The molecule has 6 nitrogen and oxygen atoms in total. The van der Waals surface area contributed by atoms with Crippen LogP contribution in [0.4, 0.5) is 0 Å². The summed E-state index contributed by atoms with van der Waals surface area (Å²) in [7, 11) is 0. The van der Waals surface area contributed by atoms with Crippen LogP contribution in [0.25, 0.3) is 0 Å². The summed E-state index contributed by atoms with van der Waals surface area (Å²) < 4.78 is 10.9. The van der Waals surface area contributed by atoms with E-state index in [0.29, 0.717) is 19.0 Å². The van der Waals surface area contributed by atoms with Gasteiger partial charge in [-0.2, -0.15) is 4.98 Å². The Morgan fingerprint density at radius 3 is 3.04 bits per heavy atom. The fourth-order valence-electron chi connectivity index (χ4n) is 3.61. The monoisotopic (exact) mass is 327 g/mol. The van der Waals surface area contributed by atoms with E-state index in [-0.39, 0.29) is 17.7 Å². The second kappa shape index (κ2) is 6.26. The molecule has 0 saturated carbocycles. The number of rotatable bonds is 2. The molecular formula is C18H21N3O3. The molecule has 0 radical (unpaired) electrons. The van der Waals surface area contributed by atoms with Gasteiger partial charge in [0.25, 0.3) is 0 Å². The normalized spacial score (nSPS) is 23.5. The minimum Gasteiger partial charge on any atom is -0.492 e. The molecule has 2 atom stereocenters. The number of aryl methyl sites for hydroxylation is 1. The highest BCUT2D eigenvalue weighted by molar-refractivity contribution is 5.80. The lowest BCUT2D eigenvalue weighted by molar-refractivity contribution is -0.138. The number of benzene rings is 1. The first-order chi connectivity index (χ1) is 11.7. The van der Waals surface area contributed by atoms with Crippen molar-refractivity contribution in [2.45, 2.75) is 32.1 Å². The molecule has 0 N–H and O–H groups in total. The maximum atomic E-state index is 12.9. The molecule has 3 heterocycles. The molecule has 0 spiro atoms. The van der Waals surface area contributed by atoms with Gasteiger partial charge in [0.1, 0.15) is 12.4 Å². The van der Waals surface area contributed by atoms with Gasteiger partial charge in [-0.25, -0.2) is 0 Å². The summed E-state index contributed by atoms with van der Waals surface area (Å²) in [5.41, 5.74) is 1.12. The number of carbonyl (C=O) groups is 1. The molecule has 2 aliphatic heterocycles.